The van der Waals surface area contributed by atoms with E-state index in [0.29, 0.717) is 19.8 Å². The number of hydrogen-bond donors (Lipinski definition) is 1. The quantitative estimate of drug-likeness (QED) is 0.516. The fourth-order valence-electron chi connectivity index (χ4n) is 1.24. The first-order valence-corrected chi connectivity index (χ1v) is 5.30. The molecule has 1 fully saturated rings. The van der Waals surface area contributed by atoms with Gasteiger partial charge in [0, 0.05) is 13.1 Å². The lowest BCUT2D eigenvalue weighted by atomic mass is 10.3. The predicted molar refractivity (Wildman–Crippen MR) is 54.7 cm³/mol. The molecule has 0 radical (unpaired) electrons. The van der Waals surface area contributed by atoms with Crippen LogP contribution in [0.1, 0.15) is 13.8 Å². The maximum absolute atomic E-state index is 11.4. The number of ether oxygens (including phenoxy) is 3. The minimum absolute atomic E-state index is 0.163. The van der Waals surface area contributed by atoms with Gasteiger partial charge in [-0.15, -0.1) is 0 Å². The van der Waals surface area contributed by atoms with Crippen molar-refractivity contribution in [2.75, 3.05) is 32.9 Å². The van der Waals surface area contributed by atoms with E-state index in [0.717, 1.165) is 6.54 Å². The average molecular weight is 217 g/mol. The summed E-state index contributed by atoms with van der Waals surface area (Å²) in [6, 6.07) is 0. The molecule has 0 aromatic carbocycles. The van der Waals surface area contributed by atoms with Crippen LogP contribution in [0.3, 0.4) is 0 Å². The van der Waals surface area contributed by atoms with E-state index in [1.807, 2.05) is 13.8 Å². The van der Waals surface area contributed by atoms with Gasteiger partial charge in [0.15, 0.2) is 6.10 Å². The number of hydrogen-bond acceptors (Lipinski definition) is 5. The number of carbonyl (C=O) groups is 1. The molecule has 1 unspecified atom stereocenters. The molecule has 0 aromatic rings. The second-order valence-corrected chi connectivity index (χ2v) is 3.65. The van der Waals surface area contributed by atoms with Crippen molar-refractivity contribution in [2.24, 2.45) is 0 Å². The van der Waals surface area contributed by atoms with E-state index in [4.69, 9.17) is 14.2 Å². The van der Waals surface area contributed by atoms with Gasteiger partial charge in [-0.3, -0.25) is 0 Å². The molecule has 0 saturated carbocycles. The first kappa shape index (κ1) is 12.4. The molecule has 1 N–H and O–H groups in total. The summed E-state index contributed by atoms with van der Waals surface area (Å²) in [5, 5.41) is 3.07. The van der Waals surface area contributed by atoms with Gasteiger partial charge < -0.3 is 19.5 Å². The summed E-state index contributed by atoms with van der Waals surface area (Å²) in [4.78, 5) is 11.4. The second-order valence-electron chi connectivity index (χ2n) is 3.65. The minimum Gasteiger partial charge on any atom is -0.461 e. The molecule has 0 amide bonds. The Hall–Kier alpha value is -0.650. The second kappa shape index (κ2) is 6.76. The van der Waals surface area contributed by atoms with Crippen molar-refractivity contribution < 1.29 is 19.0 Å². The molecule has 1 atom stereocenters. The summed E-state index contributed by atoms with van der Waals surface area (Å²) < 4.78 is 15.5. The molecule has 0 bridgehead atoms. The molecule has 1 saturated heterocycles. The van der Waals surface area contributed by atoms with E-state index < -0.39 is 6.10 Å². The van der Waals surface area contributed by atoms with Gasteiger partial charge in [-0.05, 0) is 13.8 Å². The third-order valence-corrected chi connectivity index (χ3v) is 1.97. The largest absolute Gasteiger partial charge is 0.461 e. The van der Waals surface area contributed by atoms with Crippen molar-refractivity contribution in [1.82, 2.24) is 5.32 Å². The molecule has 15 heavy (non-hydrogen) atoms. The summed E-state index contributed by atoms with van der Waals surface area (Å²) in [5.41, 5.74) is 0. The molecule has 1 aliphatic heterocycles. The number of carbonyl (C=O) groups excluding carboxylic acids is 1. The van der Waals surface area contributed by atoms with Gasteiger partial charge in [0.25, 0.3) is 0 Å². The van der Waals surface area contributed by atoms with E-state index in [9.17, 15) is 4.79 Å². The number of nitrogens with one attached hydrogen (secondary N) is 1. The van der Waals surface area contributed by atoms with Gasteiger partial charge in [0.05, 0.1) is 19.3 Å². The van der Waals surface area contributed by atoms with Crippen LogP contribution in [-0.4, -0.2) is 51.1 Å². The van der Waals surface area contributed by atoms with Gasteiger partial charge in [-0.25, -0.2) is 4.79 Å². The smallest absolute Gasteiger partial charge is 0.336 e. The zero-order valence-corrected chi connectivity index (χ0v) is 9.32. The van der Waals surface area contributed by atoms with Crippen LogP contribution in [0.4, 0.5) is 0 Å². The van der Waals surface area contributed by atoms with E-state index in [-0.39, 0.29) is 18.7 Å². The Labute approximate surface area is 90.1 Å². The summed E-state index contributed by atoms with van der Waals surface area (Å²) in [7, 11) is 0. The highest BCUT2D eigenvalue weighted by Gasteiger charge is 2.22. The lowest BCUT2D eigenvalue weighted by molar-refractivity contribution is -0.160. The maximum Gasteiger partial charge on any atom is 0.336 e. The topological polar surface area (TPSA) is 56.8 Å². The molecule has 1 rings (SSSR count). The summed E-state index contributed by atoms with van der Waals surface area (Å²) >= 11 is 0. The summed E-state index contributed by atoms with van der Waals surface area (Å²) in [5.74, 6) is -0.311. The molecule has 1 heterocycles. The van der Waals surface area contributed by atoms with Gasteiger partial charge in [-0.2, -0.15) is 0 Å². The molecule has 0 aromatic heterocycles. The number of rotatable bonds is 5. The first-order chi connectivity index (χ1) is 7.20. The van der Waals surface area contributed by atoms with Crippen LogP contribution >= 0.6 is 0 Å². The van der Waals surface area contributed by atoms with Crippen LogP contribution in [0, 0.1) is 0 Å². The highest BCUT2D eigenvalue weighted by molar-refractivity contribution is 5.75. The number of morpholine rings is 1. The van der Waals surface area contributed by atoms with Crippen molar-refractivity contribution in [3.05, 3.63) is 0 Å². The van der Waals surface area contributed by atoms with Gasteiger partial charge >= 0.3 is 5.97 Å². The van der Waals surface area contributed by atoms with Crippen molar-refractivity contribution >= 4 is 5.97 Å². The Kier molecular flexibility index (Phi) is 5.60. The molecular formula is C10H19NO4. The third kappa shape index (κ3) is 5.11. The van der Waals surface area contributed by atoms with E-state index in [1.54, 1.807) is 0 Å². The lowest BCUT2D eigenvalue weighted by Gasteiger charge is -2.21. The van der Waals surface area contributed by atoms with Crippen LogP contribution < -0.4 is 5.32 Å². The van der Waals surface area contributed by atoms with Gasteiger partial charge in [0.1, 0.15) is 6.61 Å². The van der Waals surface area contributed by atoms with E-state index in [2.05, 4.69) is 5.32 Å². The normalized spacial score (nSPS) is 21.7. The highest BCUT2D eigenvalue weighted by atomic mass is 16.6. The fraction of sp³-hybridized carbons (Fsp3) is 0.900. The van der Waals surface area contributed by atoms with Crippen LogP contribution in [-0.2, 0) is 19.0 Å². The molecule has 5 nitrogen and oxygen atoms in total. The summed E-state index contributed by atoms with van der Waals surface area (Å²) in [6.45, 7) is 6.48. The molecule has 0 aliphatic carbocycles. The zero-order valence-electron chi connectivity index (χ0n) is 9.32. The molecule has 5 heteroatoms. The monoisotopic (exact) mass is 217 g/mol. The average Bonchev–Trinajstić information content (AvgIpc) is 2.25. The zero-order chi connectivity index (χ0) is 11.1. The van der Waals surface area contributed by atoms with Gasteiger partial charge in [-0.1, -0.05) is 0 Å². The van der Waals surface area contributed by atoms with Crippen LogP contribution in [0.5, 0.6) is 0 Å². The van der Waals surface area contributed by atoms with Crippen LogP contribution in [0.25, 0.3) is 0 Å². The van der Waals surface area contributed by atoms with E-state index >= 15 is 0 Å². The molecule has 0 spiro atoms. The standard InChI is InChI=1S/C10H19NO4/c1-8(2)13-5-6-15-10(12)9-7-11-3-4-14-9/h8-9,11H,3-7H2,1-2H3. The number of esters is 1. The first-order valence-electron chi connectivity index (χ1n) is 5.30. The Balaban J connectivity index is 2.07. The van der Waals surface area contributed by atoms with Gasteiger partial charge in [0.2, 0.25) is 0 Å². The Morgan fingerprint density at radius 2 is 2.33 bits per heavy atom. The van der Waals surface area contributed by atoms with E-state index in [1.165, 1.54) is 0 Å². The SMILES string of the molecule is CC(C)OCCOC(=O)C1CNCCO1. The lowest BCUT2D eigenvalue weighted by Crippen LogP contribution is -2.44. The van der Waals surface area contributed by atoms with Crippen LogP contribution in [0.15, 0.2) is 0 Å². The molecule has 1 aliphatic rings. The van der Waals surface area contributed by atoms with Crippen molar-refractivity contribution in [2.45, 2.75) is 26.1 Å². The third-order valence-electron chi connectivity index (χ3n) is 1.97. The Morgan fingerprint density at radius 3 is 2.93 bits per heavy atom. The highest BCUT2D eigenvalue weighted by Crippen LogP contribution is 1.99. The molecule has 88 valence electrons. The maximum atomic E-state index is 11.4. The summed E-state index contributed by atoms with van der Waals surface area (Å²) in [6.07, 6.45) is -0.297. The predicted octanol–water partition coefficient (Wildman–Crippen LogP) is -0.0570. The van der Waals surface area contributed by atoms with Crippen molar-refractivity contribution in [3.8, 4) is 0 Å². The Morgan fingerprint density at radius 1 is 1.53 bits per heavy atom. The van der Waals surface area contributed by atoms with Crippen molar-refractivity contribution in [1.29, 1.82) is 0 Å². The van der Waals surface area contributed by atoms with Crippen LogP contribution in [0.2, 0.25) is 0 Å². The minimum atomic E-state index is -0.460. The Bertz CT molecular complexity index is 190. The van der Waals surface area contributed by atoms with Crippen molar-refractivity contribution in [3.63, 3.8) is 0 Å². The fourth-order valence-corrected chi connectivity index (χ4v) is 1.24. The molecular weight excluding hydrogens is 198 g/mol.